The number of amides is 2. The molecule has 1 unspecified atom stereocenters. The Morgan fingerprint density at radius 1 is 0.636 bits per heavy atom. The van der Waals surface area contributed by atoms with E-state index in [4.69, 9.17) is 5.11 Å². The first-order chi connectivity index (χ1) is 15.9. The summed E-state index contributed by atoms with van der Waals surface area (Å²) in [5, 5.41) is 23.2. The van der Waals surface area contributed by atoms with Gasteiger partial charge in [0.2, 0.25) is 11.8 Å². The molecular weight excluding hydrogens is 444 g/mol. The number of carbonyl (C=O) groups is 4. The molecule has 0 radical (unpaired) electrons. The van der Waals surface area contributed by atoms with Crippen LogP contribution < -0.4 is 10.6 Å². The average molecular weight is 489 g/mol. The number of unbranched alkanes of at least 4 members (excludes halogenated alkanes) is 12. The van der Waals surface area contributed by atoms with Crippen LogP contribution in [0.3, 0.4) is 0 Å². The third-order valence-corrected chi connectivity index (χ3v) is 5.85. The molecule has 0 rings (SSSR count). The molecule has 0 aliphatic heterocycles. The van der Waals surface area contributed by atoms with Crippen molar-refractivity contribution >= 4 is 36.4 Å². The van der Waals surface area contributed by atoms with Crippen molar-refractivity contribution in [2.45, 2.75) is 115 Å². The van der Waals surface area contributed by atoms with Crippen molar-refractivity contribution in [3.63, 3.8) is 0 Å². The standard InChI is InChI=1S/C24H44N2O6S/c27-21(26-20(24(31)32)15-13-14-18-25-22(28)19-33)16-11-9-7-5-3-1-2-4-6-8-10-12-17-23(29)30/h20,33H,1-19H2,(H,25,28)(H,26,27)(H,29,30)(H,31,32). The van der Waals surface area contributed by atoms with Gasteiger partial charge in [0.05, 0.1) is 5.75 Å². The Morgan fingerprint density at radius 2 is 1.12 bits per heavy atom. The molecule has 192 valence electrons. The quantitative estimate of drug-likeness (QED) is 0.107. The second kappa shape index (κ2) is 22.0. The van der Waals surface area contributed by atoms with Gasteiger partial charge in [0.15, 0.2) is 0 Å². The van der Waals surface area contributed by atoms with Gasteiger partial charge in [-0.3, -0.25) is 14.4 Å². The van der Waals surface area contributed by atoms with E-state index in [1.165, 1.54) is 32.1 Å². The molecule has 2 amide bonds. The molecule has 0 aromatic heterocycles. The van der Waals surface area contributed by atoms with E-state index < -0.39 is 18.0 Å². The van der Waals surface area contributed by atoms with Gasteiger partial charge in [-0.05, 0) is 32.1 Å². The lowest BCUT2D eigenvalue weighted by Crippen LogP contribution is -2.40. The van der Waals surface area contributed by atoms with Gasteiger partial charge in [-0.2, -0.15) is 12.6 Å². The summed E-state index contributed by atoms with van der Waals surface area (Å²) in [5.74, 6) is -1.97. The molecule has 9 heteroatoms. The smallest absolute Gasteiger partial charge is 0.326 e. The number of thiol groups is 1. The molecule has 0 fully saturated rings. The van der Waals surface area contributed by atoms with E-state index in [9.17, 15) is 24.3 Å². The van der Waals surface area contributed by atoms with E-state index in [1.54, 1.807) is 0 Å². The van der Waals surface area contributed by atoms with Crippen molar-refractivity contribution in [1.29, 1.82) is 0 Å². The van der Waals surface area contributed by atoms with Crippen LogP contribution in [0.1, 0.15) is 109 Å². The van der Waals surface area contributed by atoms with Crippen LogP contribution in [0.15, 0.2) is 0 Å². The normalized spacial score (nSPS) is 11.7. The van der Waals surface area contributed by atoms with Crippen LogP contribution in [0, 0.1) is 0 Å². The molecule has 33 heavy (non-hydrogen) atoms. The van der Waals surface area contributed by atoms with E-state index in [2.05, 4.69) is 23.3 Å². The highest BCUT2D eigenvalue weighted by molar-refractivity contribution is 7.81. The number of carboxylic acid groups (broad SMARTS) is 2. The van der Waals surface area contributed by atoms with Gasteiger partial charge in [-0.25, -0.2) is 4.79 Å². The van der Waals surface area contributed by atoms with E-state index in [0.29, 0.717) is 32.2 Å². The first-order valence-electron chi connectivity index (χ1n) is 12.5. The summed E-state index contributed by atoms with van der Waals surface area (Å²) in [7, 11) is 0. The molecular formula is C24H44N2O6S. The zero-order chi connectivity index (χ0) is 24.7. The summed E-state index contributed by atoms with van der Waals surface area (Å²) in [6.07, 6.45) is 15.1. The van der Waals surface area contributed by atoms with Crippen molar-refractivity contribution < 1.29 is 29.4 Å². The summed E-state index contributed by atoms with van der Waals surface area (Å²) < 4.78 is 0. The minimum Gasteiger partial charge on any atom is -0.481 e. The second-order valence-corrected chi connectivity index (χ2v) is 8.91. The highest BCUT2D eigenvalue weighted by Gasteiger charge is 2.19. The van der Waals surface area contributed by atoms with Gasteiger partial charge in [0.25, 0.3) is 0 Å². The number of hydrogen-bond acceptors (Lipinski definition) is 5. The minimum atomic E-state index is -1.02. The largest absolute Gasteiger partial charge is 0.481 e. The van der Waals surface area contributed by atoms with Gasteiger partial charge in [-0.1, -0.05) is 64.2 Å². The van der Waals surface area contributed by atoms with Crippen LogP contribution in [-0.4, -0.2) is 52.3 Å². The van der Waals surface area contributed by atoms with Crippen LogP contribution in [0.25, 0.3) is 0 Å². The number of hydrogen-bond donors (Lipinski definition) is 5. The van der Waals surface area contributed by atoms with E-state index in [1.807, 2.05) is 0 Å². The Hall–Kier alpha value is -1.77. The maximum Gasteiger partial charge on any atom is 0.326 e. The molecule has 0 aliphatic rings. The van der Waals surface area contributed by atoms with Crippen molar-refractivity contribution in [2.75, 3.05) is 12.3 Å². The highest BCUT2D eigenvalue weighted by Crippen LogP contribution is 2.13. The van der Waals surface area contributed by atoms with E-state index in [-0.39, 0.29) is 24.0 Å². The van der Waals surface area contributed by atoms with Crippen LogP contribution in [0.4, 0.5) is 0 Å². The van der Waals surface area contributed by atoms with Gasteiger partial charge in [0, 0.05) is 19.4 Å². The van der Waals surface area contributed by atoms with Gasteiger partial charge >= 0.3 is 11.9 Å². The monoisotopic (exact) mass is 488 g/mol. The lowest BCUT2D eigenvalue weighted by Gasteiger charge is -2.14. The van der Waals surface area contributed by atoms with Crippen molar-refractivity contribution in [3.05, 3.63) is 0 Å². The summed E-state index contributed by atoms with van der Waals surface area (Å²) in [5.41, 5.74) is 0. The molecule has 0 saturated heterocycles. The molecule has 0 aromatic rings. The third-order valence-electron chi connectivity index (χ3n) is 5.56. The zero-order valence-electron chi connectivity index (χ0n) is 20.0. The molecule has 0 saturated carbocycles. The van der Waals surface area contributed by atoms with Crippen molar-refractivity contribution in [3.8, 4) is 0 Å². The molecule has 0 spiro atoms. The SMILES string of the molecule is O=C(O)CCCCCCCCCCCCCCC(=O)NC(CCCCNC(=O)CS)C(=O)O. The predicted molar refractivity (Wildman–Crippen MR) is 133 cm³/mol. The summed E-state index contributed by atoms with van der Waals surface area (Å²) in [6, 6.07) is -0.879. The number of carbonyl (C=O) groups excluding carboxylic acids is 2. The van der Waals surface area contributed by atoms with Gasteiger partial charge < -0.3 is 20.8 Å². The molecule has 0 heterocycles. The van der Waals surface area contributed by atoms with Crippen molar-refractivity contribution in [2.24, 2.45) is 0 Å². The third kappa shape index (κ3) is 21.8. The number of aliphatic carboxylic acids is 2. The Bertz CT molecular complexity index is 559. The van der Waals surface area contributed by atoms with Gasteiger partial charge in [0.1, 0.15) is 6.04 Å². The first kappa shape index (κ1) is 31.2. The molecule has 0 aromatic carbocycles. The summed E-state index contributed by atoms with van der Waals surface area (Å²) in [4.78, 5) is 44.9. The predicted octanol–water partition coefficient (Wildman–Crippen LogP) is 4.32. The first-order valence-corrected chi connectivity index (χ1v) is 13.1. The molecule has 8 nitrogen and oxygen atoms in total. The van der Waals surface area contributed by atoms with E-state index in [0.717, 1.165) is 44.9 Å². The topological polar surface area (TPSA) is 133 Å². The number of rotatable bonds is 23. The number of carboxylic acids is 2. The maximum absolute atomic E-state index is 12.0. The molecule has 0 aliphatic carbocycles. The fraction of sp³-hybridized carbons (Fsp3) is 0.833. The van der Waals surface area contributed by atoms with Crippen LogP contribution in [-0.2, 0) is 19.2 Å². The van der Waals surface area contributed by atoms with Crippen LogP contribution >= 0.6 is 12.6 Å². The fourth-order valence-electron chi connectivity index (χ4n) is 3.61. The van der Waals surface area contributed by atoms with Gasteiger partial charge in [-0.15, -0.1) is 0 Å². The summed E-state index contributed by atoms with van der Waals surface area (Å²) in [6.45, 7) is 0.480. The highest BCUT2D eigenvalue weighted by atomic mass is 32.1. The maximum atomic E-state index is 12.0. The molecule has 4 N–H and O–H groups in total. The fourth-order valence-corrected chi connectivity index (χ4v) is 3.72. The van der Waals surface area contributed by atoms with Crippen molar-refractivity contribution in [1.82, 2.24) is 10.6 Å². The zero-order valence-corrected chi connectivity index (χ0v) is 20.9. The van der Waals surface area contributed by atoms with E-state index >= 15 is 0 Å². The van der Waals surface area contributed by atoms with Crippen LogP contribution in [0.2, 0.25) is 0 Å². The Labute approximate surface area is 204 Å². The lowest BCUT2D eigenvalue weighted by molar-refractivity contribution is -0.142. The Balaban J connectivity index is 3.58. The lowest BCUT2D eigenvalue weighted by atomic mass is 10.0. The molecule has 1 atom stereocenters. The second-order valence-electron chi connectivity index (χ2n) is 8.60. The average Bonchev–Trinajstić information content (AvgIpc) is 2.77. The summed E-state index contributed by atoms with van der Waals surface area (Å²) >= 11 is 3.87. The van der Waals surface area contributed by atoms with Crippen LogP contribution in [0.5, 0.6) is 0 Å². The molecule has 0 bridgehead atoms. The minimum absolute atomic E-state index is 0.132. The number of nitrogens with one attached hydrogen (secondary N) is 2. The Morgan fingerprint density at radius 3 is 1.58 bits per heavy atom. The Kier molecular flexibility index (Phi) is 20.9.